The third-order valence-electron chi connectivity index (χ3n) is 10.0. The minimum absolute atomic E-state index is 0.00551. The van der Waals surface area contributed by atoms with E-state index in [9.17, 15) is 24.0 Å². The molecule has 0 aromatic rings. The third-order valence-corrected chi connectivity index (χ3v) is 10.0. The number of nitrogens with zero attached hydrogens (tertiary/aromatic N) is 3. The van der Waals surface area contributed by atoms with Gasteiger partial charge in [-0.25, -0.2) is 24.3 Å². The first-order valence-corrected chi connectivity index (χ1v) is 22.6. The van der Waals surface area contributed by atoms with Crippen molar-refractivity contribution in [3.05, 3.63) is 11.3 Å². The zero-order valence-corrected chi connectivity index (χ0v) is 42.1. The van der Waals surface area contributed by atoms with E-state index < -0.39 is 17.3 Å². The number of ether oxygens (including phenoxy) is 3. The fourth-order valence-electron chi connectivity index (χ4n) is 6.03. The first kappa shape index (κ1) is 60.0. The maximum absolute atomic E-state index is 12.2. The number of esters is 3. The van der Waals surface area contributed by atoms with Crippen LogP contribution in [0.2, 0.25) is 0 Å². The third kappa shape index (κ3) is 24.7. The molecule has 3 N–H and O–H groups in total. The summed E-state index contributed by atoms with van der Waals surface area (Å²) in [6.45, 7) is 32.9. The van der Waals surface area contributed by atoms with Gasteiger partial charge in [0.15, 0.2) is 5.78 Å². The van der Waals surface area contributed by atoms with Gasteiger partial charge in [0.25, 0.3) is 0 Å². The van der Waals surface area contributed by atoms with Gasteiger partial charge in [-0.1, -0.05) is 27.7 Å². The van der Waals surface area contributed by atoms with Crippen LogP contribution in [0.3, 0.4) is 0 Å². The van der Waals surface area contributed by atoms with Crippen LogP contribution in [0.5, 0.6) is 0 Å². The largest absolute Gasteiger partial charge is 0.465 e. The second kappa shape index (κ2) is 29.5. The molecule has 3 aliphatic heterocycles. The Hall–Kier alpha value is -3.03. The number of likely N-dealkylation sites (tertiary alicyclic amines) is 2. The number of hydrogen-bond acceptors (Lipinski definition) is 17. The molecule has 2 unspecified atom stereocenters. The Bertz CT molecular complexity index is 1430. The molecular weight excluding hydrogens is 815 g/mol. The SMILES string of the molecule is CC(C)[C@@H](N)COOC(C)(C)C.CCOC(=O)C1(C)CN(C)CCC1=O.CCOC(=O)C1=C(N[C@@H](COOC(C)(C)C)C(C)C)CCN(C)C1.CCOC(=O)C1CN(C)CCC1=O. The summed E-state index contributed by atoms with van der Waals surface area (Å²) in [5.41, 5.74) is 5.87. The minimum Gasteiger partial charge on any atom is -0.465 e. The van der Waals surface area contributed by atoms with Crippen LogP contribution in [0.15, 0.2) is 11.3 Å². The first-order chi connectivity index (χ1) is 29.1. The number of rotatable bonds is 16. The Morgan fingerprint density at radius 1 is 0.746 bits per heavy atom. The van der Waals surface area contributed by atoms with E-state index in [4.69, 9.17) is 39.5 Å². The van der Waals surface area contributed by atoms with Crippen molar-refractivity contribution in [2.75, 3.05) is 93.4 Å². The van der Waals surface area contributed by atoms with E-state index in [1.54, 1.807) is 20.8 Å². The number of carbonyl (C=O) groups is 5. The van der Waals surface area contributed by atoms with E-state index in [-0.39, 0.29) is 46.8 Å². The zero-order chi connectivity index (χ0) is 48.7. The molecule has 0 spiro atoms. The summed E-state index contributed by atoms with van der Waals surface area (Å²) in [6.07, 6.45) is 1.69. The van der Waals surface area contributed by atoms with Crippen molar-refractivity contribution in [3.8, 4) is 0 Å². The van der Waals surface area contributed by atoms with Gasteiger partial charge in [-0.3, -0.25) is 19.2 Å². The Morgan fingerprint density at radius 2 is 1.27 bits per heavy atom. The van der Waals surface area contributed by atoms with E-state index in [0.717, 1.165) is 31.8 Å². The summed E-state index contributed by atoms with van der Waals surface area (Å²) < 4.78 is 14.9. The van der Waals surface area contributed by atoms with Gasteiger partial charge < -0.3 is 40.0 Å². The highest BCUT2D eigenvalue weighted by atomic mass is 17.2. The van der Waals surface area contributed by atoms with Gasteiger partial charge in [0, 0.05) is 70.3 Å². The standard InChI is InChI=1S/C18H34N2O4.C10H17NO3.C9H15NO3.C9H21NO2/c1-8-22-17(21)14-11-20(7)10-9-15(14)19-16(13(2)3)12-23-24-18(4,5)6;1-4-14-9(13)10(2)7-11(3)6-5-8(10)12;1-3-13-9(12)7-6-10(2)5-4-8(7)11;1-7(2)8(10)6-11-12-9(3,4)5/h13,16,19H,8-12H2,1-7H3;4-7H2,1-3H3;7H,3-6H2,1-2H3;7-8H,6,10H2,1-5H3/t16-;;;8-/m0..0/s1. The topological polar surface area (TPSA) is 198 Å². The molecule has 3 aliphatic rings. The molecule has 0 aromatic carbocycles. The van der Waals surface area contributed by atoms with Crippen molar-refractivity contribution >= 4 is 29.5 Å². The molecule has 0 bridgehead atoms. The summed E-state index contributed by atoms with van der Waals surface area (Å²) in [4.78, 5) is 85.1. The molecule has 3 rings (SSSR count). The average Bonchev–Trinajstić information content (AvgIpc) is 3.17. The number of nitrogens with one attached hydrogen (secondary N) is 1. The normalized spacial score (nSPS) is 21.2. The Labute approximate surface area is 379 Å². The van der Waals surface area contributed by atoms with Crippen molar-refractivity contribution in [2.24, 2.45) is 28.9 Å². The van der Waals surface area contributed by atoms with Crippen LogP contribution in [-0.4, -0.2) is 161 Å². The quantitative estimate of drug-likeness (QED) is 0.0707. The molecule has 63 heavy (non-hydrogen) atoms. The van der Waals surface area contributed by atoms with Gasteiger partial charge in [0.05, 0.1) is 49.2 Å². The second-order valence-corrected chi connectivity index (χ2v) is 19.3. The molecule has 17 nitrogen and oxygen atoms in total. The monoisotopic (exact) mass is 902 g/mol. The molecule has 17 heteroatoms. The molecule has 4 atom stereocenters. The van der Waals surface area contributed by atoms with Crippen LogP contribution in [0.1, 0.15) is 116 Å². The van der Waals surface area contributed by atoms with E-state index in [1.165, 1.54) is 0 Å². The van der Waals surface area contributed by atoms with E-state index in [1.807, 2.05) is 79.4 Å². The van der Waals surface area contributed by atoms with Crippen LogP contribution in [-0.2, 0) is 57.7 Å². The van der Waals surface area contributed by atoms with E-state index in [2.05, 4.69) is 37.9 Å². The maximum atomic E-state index is 12.2. The van der Waals surface area contributed by atoms with Crippen molar-refractivity contribution < 1.29 is 57.7 Å². The average molecular weight is 902 g/mol. The highest BCUT2D eigenvalue weighted by molar-refractivity contribution is 6.04. The fourth-order valence-corrected chi connectivity index (χ4v) is 6.03. The van der Waals surface area contributed by atoms with Crippen LogP contribution < -0.4 is 11.1 Å². The number of piperidine rings is 2. The summed E-state index contributed by atoms with van der Waals surface area (Å²) in [5, 5.41) is 3.50. The van der Waals surface area contributed by atoms with Gasteiger partial charge in [-0.05, 0) is 102 Å². The summed E-state index contributed by atoms with van der Waals surface area (Å²) in [6, 6.07) is 0.113. The summed E-state index contributed by atoms with van der Waals surface area (Å²) in [7, 11) is 5.82. The number of ketones is 2. The molecule has 0 radical (unpaired) electrons. The van der Waals surface area contributed by atoms with Gasteiger partial charge in [-0.2, -0.15) is 0 Å². The Balaban J connectivity index is 0.000000854. The molecule has 0 aromatic heterocycles. The van der Waals surface area contributed by atoms with Crippen LogP contribution in [0, 0.1) is 23.2 Å². The van der Waals surface area contributed by atoms with Crippen molar-refractivity contribution in [2.45, 2.75) is 139 Å². The molecule has 2 fully saturated rings. The predicted octanol–water partition coefficient (Wildman–Crippen LogP) is 4.75. The Morgan fingerprint density at radius 3 is 1.78 bits per heavy atom. The number of carbonyl (C=O) groups excluding carboxylic acids is 5. The summed E-state index contributed by atoms with van der Waals surface area (Å²) in [5.74, 6) is -0.793. The number of likely N-dealkylation sites (N-methyl/N-ethyl adjacent to an activating group) is 1. The van der Waals surface area contributed by atoms with Crippen molar-refractivity contribution in [1.82, 2.24) is 20.0 Å². The second-order valence-electron chi connectivity index (χ2n) is 19.3. The highest BCUT2D eigenvalue weighted by Gasteiger charge is 2.45. The molecule has 2 saturated heterocycles. The summed E-state index contributed by atoms with van der Waals surface area (Å²) >= 11 is 0. The Kier molecular flexibility index (Phi) is 28.1. The van der Waals surface area contributed by atoms with Gasteiger partial charge in [0.2, 0.25) is 0 Å². The lowest BCUT2D eigenvalue weighted by Crippen LogP contribution is -2.51. The van der Waals surface area contributed by atoms with E-state index in [0.29, 0.717) is 82.9 Å². The smallest absolute Gasteiger partial charge is 0.337 e. The predicted molar refractivity (Wildman–Crippen MR) is 243 cm³/mol. The van der Waals surface area contributed by atoms with Crippen molar-refractivity contribution in [1.29, 1.82) is 0 Å². The van der Waals surface area contributed by atoms with Gasteiger partial charge >= 0.3 is 17.9 Å². The molecule has 3 heterocycles. The zero-order valence-electron chi connectivity index (χ0n) is 42.1. The lowest BCUT2D eigenvalue weighted by atomic mass is 9.81. The number of Topliss-reactive ketones (excluding diaryl/α,β-unsaturated/α-hetero) is 2. The lowest BCUT2D eigenvalue weighted by molar-refractivity contribution is -0.351. The molecule has 0 saturated carbocycles. The maximum Gasteiger partial charge on any atom is 0.337 e. The molecular formula is C46H87N5O12. The van der Waals surface area contributed by atoms with Gasteiger partial charge in [-0.15, -0.1) is 0 Å². The number of nitrogens with two attached hydrogens (primary N) is 1. The van der Waals surface area contributed by atoms with Crippen LogP contribution in [0.4, 0.5) is 0 Å². The van der Waals surface area contributed by atoms with Crippen LogP contribution >= 0.6 is 0 Å². The lowest BCUT2D eigenvalue weighted by Gasteiger charge is -2.35. The van der Waals surface area contributed by atoms with Gasteiger partial charge in [0.1, 0.15) is 23.7 Å². The fraction of sp³-hybridized carbons (Fsp3) is 0.848. The van der Waals surface area contributed by atoms with Crippen LogP contribution in [0.25, 0.3) is 0 Å². The van der Waals surface area contributed by atoms with E-state index >= 15 is 0 Å². The highest BCUT2D eigenvalue weighted by Crippen LogP contribution is 2.27. The molecule has 0 aliphatic carbocycles. The number of hydrogen-bond donors (Lipinski definition) is 2. The first-order valence-electron chi connectivity index (χ1n) is 22.6. The molecule has 0 amide bonds. The molecule has 368 valence electrons. The van der Waals surface area contributed by atoms with Crippen molar-refractivity contribution in [3.63, 3.8) is 0 Å². The minimum atomic E-state index is -0.955.